The van der Waals surface area contributed by atoms with Gasteiger partial charge < -0.3 is 10.2 Å². The van der Waals surface area contributed by atoms with Gasteiger partial charge in [0.15, 0.2) is 5.60 Å². The van der Waals surface area contributed by atoms with E-state index in [0.29, 0.717) is 35.5 Å². The molecule has 5 saturated carbocycles. The van der Waals surface area contributed by atoms with Gasteiger partial charge in [-0.25, -0.2) is 0 Å². The van der Waals surface area contributed by atoms with Crippen LogP contribution in [0.25, 0.3) is 0 Å². The van der Waals surface area contributed by atoms with Crippen molar-refractivity contribution >= 4 is 0 Å². The van der Waals surface area contributed by atoms with Crippen LogP contribution in [0.1, 0.15) is 111 Å². The molecule has 0 bridgehead atoms. The average Bonchev–Trinajstić information content (AvgIpc) is 3.35. The van der Waals surface area contributed by atoms with Crippen LogP contribution in [0, 0.1) is 46.3 Å². The highest BCUT2D eigenvalue weighted by molar-refractivity contribution is 5.11. The van der Waals surface area contributed by atoms with Crippen LogP contribution in [0.15, 0.2) is 0 Å². The van der Waals surface area contributed by atoms with Crippen LogP contribution in [-0.4, -0.2) is 27.6 Å². The molecule has 190 valence electrons. The Morgan fingerprint density at radius 1 is 0.848 bits per heavy atom. The van der Waals surface area contributed by atoms with Gasteiger partial charge in [0.1, 0.15) is 0 Å². The SMILES string of the molecule is C[C@H](CCCC1(O)CC1)[C@H]1CC[C@H]2[C@@H]3CC[C@H]4C[C@](O)(C(F)(F)F)CC[C@]4(C)[C@H]3CC[C@]12C. The molecule has 5 rings (SSSR count). The molecule has 0 amide bonds. The number of hydrogen-bond acceptors (Lipinski definition) is 2. The fraction of sp³-hybridized carbons (Fsp3) is 1.00. The predicted molar refractivity (Wildman–Crippen MR) is 123 cm³/mol. The molecular formula is C28H45F3O2. The largest absolute Gasteiger partial charge is 0.417 e. The Kier molecular flexibility index (Phi) is 5.81. The van der Waals surface area contributed by atoms with Gasteiger partial charge >= 0.3 is 6.18 Å². The second-order valence-electron chi connectivity index (χ2n) is 13.7. The number of fused-ring (bicyclic) bond motifs is 5. The zero-order valence-electron chi connectivity index (χ0n) is 20.9. The Morgan fingerprint density at radius 2 is 1.55 bits per heavy atom. The summed E-state index contributed by atoms with van der Waals surface area (Å²) in [4.78, 5) is 0. The molecule has 0 aromatic carbocycles. The first-order valence-electron chi connectivity index (χ1n) is 13.8. The van der Waals surface area contributed by atoms with Crippen molar-refractivity contribution in [1.82, 2.24) is 0 Å². The van der Waals surface area contributed by atoms with Gasteiger partial charge in [0, 0.05) is 0 Å². The van der Waals surface area contributed by atoms with Gasteiger partial charge in [-0.2, -0.15) is 13.2 Å². The van der Waals surface area contributed by atoms with Crippen LogP contribution in [0.5, 0.6) is 0 Å². The van der Waals surface area contributed by atoms with E-state index in [1.165, 1.54) is 25.7 Å². The van der Waals surface area contributed by atoms with Crippen molar-refractivity contribution in [3.8, 4) is 0 Å². The van der Waals surface area contributed by atoms with E-state index in [2.05, 4.69) is 20.8 Å². The summed E-state index contributed by atoms with van der Waals surface area (Å²) in [7, 11) is 0. The Hall–Kier alpha value is -0.290. The summed E-state index contributed by atoms with van der Waals surface area (Å²) in [6.07, 6.45) is 7.87. The lowest BCUT2D eigenvalue weighted by atomic mass is 9.43. The zero-order valence-corrected chi connectivity index (χ0v) is 20.9. The van der Waals surface area contributed by atoms with E-state index >= 15 is 0 Å². The van der Waals surface area contributed by atoms with Crippen LogP contribution in [0.4, 0.5) is 13.2 Å². The van der Waals surface area contributed by atoms with Crippen LogP contribution in [0.3, 0.4) is 0 Å². The summed E-state index contributed by atoms with van der Waals surface area (Å²) >= 11 is 0. The first-order valence-corrected chi connectivity index (χ1v) is 13.8. The van der Waals surface area contributed by atoms with Gasteiger partial charge in [0.2, 0.25) is 0 Å². The van der Waals surface area contributed by atoms with E-state index in [1.54, 1.807) is 0 Å². The smallest absolute Gasteiger partial charge is 0.390 e. The Bertz CT molecular complexity index is 748. The Labute approximate surface area is 198 Å². The van der Waals surface area contributed by atoms with Crippen molar-refractivity contribution in [2.45, 2.75) is 128 Å². The zero-order chi connectivity index (χ0) is 23.9. The van der Waals surface area contributed by atoms with Crippen molar-refractivity contribution in [2.75, 3.05) is 0 Å². The van der Waals surface area contributed by atoms with Crippen LogP contribution in [-0.2, 0) is 0 Å². The van der Waals surface area contributed by atoms with Crippen molar-refractivity contribution in [3.63, 3.8) is 0 Å². The molecule has 0 unspecified atom stereocenters. The van der Waals surface area contributed by atoms with Crippen LogP contribution >= 0.6 is 0 Å². The van der Waals surface area contributed by atoms with E-state index in [1.807, 2.05) is 0 Å². The molecular weight excluding hydrogens is 425 g/mol. The number of hydrogen-bond donors (Lipinski definition) is 2. The molecule has 2 nitrogen and oxygen atoms in total. The lowest BCUT2D eigenvalue weighted by molar-refractivity contribution is -0.290. The summed E-state index contributed by atoms with van der Waals surface area (Å²) < 4.78 is 40.7. The molecule has 5 aliphatic carbocycles. The van der Waals surface area contributed by atoms with Crippen molar-refractivity contribution < 1.29 is 23.4 Å². The molecule has 0 aliphatic heterocycles. The normalized spacial score (nSPS) is 49.6. The quantitative estimate of drug-likeness (QED) is 0.443. The van der Waals surface area contributed by atoms with E-state index in [9.17, 15) is 23.4 Å². The third-order valence-corrected chi connectivity index (χ3v) is 12.1. The molecule has 0 heterocycles. The summed E-state index contributed by atoms with van der Waals surface area (Å²) in [5.74, 6) is 3.29. The minimum Gasteiger partial charge on any atom is -0.390 e. The molecule has 0 aromatic heterocycles. The molecule has 0 spiro atoms. The summed E-state index contributed by atoms with van der Waals surface area (Å²) in [6.45, 7) is 7.23. The molecule has 5 heteroatoms. The number of rotatable bonds is 5. The monoisotopic (exact) mass is 470 g/mol. The molecule has 33 heavy (non-hydrogen) atoms. The lowest BCUT2D eigenvalue weighted by Crippen LogP contribution is -2.59. The molecule has 0 saturated heterocycles. The first kappa shape index (κ1) is 24.4. The van der Waals surface area contributed by atoms with Crippen LogP contribution in [0.2, 0.25) is 0 Å². The maximum absolute atomic E-state index is 13.6. The van der Waals surface area contributed by atoms with Gasteiger partial charge in [-0.15, -0.1) is 0 Å². The molecule has 5 aliphatic rings. The molecule has 5 fully saturated rings. The first-order chi connectivity index (χ1) is 15.3. The van der Waals surface area contributed by atoms with E-state index in [-0.39, 0.29) is 29.8 Å². The van der Waals surface area contributed by atoms with Crippen LogP contribution < -0.4 is 0 Å². The van der Waals surface area contributed by atoms with Gasteiger partial charge in [-0.05, 0) is 123 Å². The second kappa shape index (κ2) is 7.85. The fourth-order valence-corrected chi connectivity index (χ4v) is 9.83. The van der Waals surface area contributed by atoms with Gasteiger partial charge in [0.25, 0.3) is 0 Å². The lowest BCUT2D eigenvalue weighted by Gasteiger charge is -2.62. The third kappa shape index (κ3) is 3.90. The summed E-state index contributed by atoms with van der Waals surface area (Å²) in [5, 5.41) is 20.6. The topological polar surface area (TPSA) is 40.5 Å². The number of halogens is 3. The van der Waals surface area contributed by atoms with Crippen molar-refractivity contribution in [2.24, 2.45) is 46.3 Å². The third-order valence-electron chi connectivity index (χ3n) is 12.1. The van der Waals surface area contributed by atoms with Gasteiger partial charge in [-0.3, -0.25) is 0 Å². The van der Waals surface area contributed by atoms with E-state index in [0.717, 1.165) is 50.9 Å². The standard InChI is InChI=1S/C28H45F3O2/c1-18(5-4-11-26(32)14-15-26)21-8-9-22-20-7-6-19-17-27(33,28(29,30)31)16-13-24(19,2)23(20)10-12-25(21,22)3/h18-23,32-33H,4-17H2,1-3H3/t18-,19+,20+,21-,22+,23+,24+,25-,27+/m1/s1. The molecule has 0 radical (unpaired) electrons. The fourth-order valence-electron chi connectivity index (χ4n) is 9.83. The number of alkyl halides is 3. The summed E-state index contributed by atoms with van der Waals surface area (Å²) in [6, 6.07) is 0. The van der Waals surface area contributed by atoms with Gasteiger partial charge in [-0.1, -0.05) is 33.6 Å². The van der Waals surface area contributed by atoms with Gasteiger partial charge in [0.05, 0.1) is 5.60 Å². The molecule has 9 atom stereocenters. The maximum atomic E-state index is 13.6. The van der Waals surface area contributed by atoms with E-state index in [4.69, 9.17) is 0 Å². The van der Waals surface area contributed by atoms with Crippen molar-refractivity contribution in [3.05, 3.63) is 0 Å². The maximum Gasteiger partial charge on any atom is 0.417 e. The van der Waals surface area contributed by atoms with E-state index < -0.39 is 11.8 Å². The minimum atomic E-state index is -4.51. The van der Waals surface area contributed by atoms with Crippen molar-refractivity contribution in [1.29, 1.82) is 0 Å². The average molecular weight is 471 g/mol. The highest BCUT2D eigenvalue weighted by Crippen LogP contribution is 2.69. The molecule has 2 N–H and O–H groups in total. The Balaban J connectivity index is 1.27. The highest BCUT2D eigenvalue weighted by atomic mass is 19.4. The number of aliphatic hydroxyl groups is 2. The molecule has 0 aromatic rings. The minimum absolute atomic E-state index is 0.00664. The second-order valence-corrected chi connectivity index (χ2v) is 13.7. The predicted octanol–water partition coefficient (Wildman–Crippen LogP) is 7.27. The summed E-state index contributed by atoms with van der Waals surface area (Å²) in [5.41, 5.74) is -2.51. The Morgan fingerprint density at radius 3 is 2.21 bits per heavy atom. The highest BCUT2D eigenvalue weighted by Gasteiger charge is 2.65.